The highest BCUT2D eigenvalue weighted by Crippen LogP contribution is 2.32. The molecule has 8 nitrogen and oxygen atoms in total. The number of ether oxygens (including phenoxy) is 1. The summed E-state index contributed by atoms with van der Waals surface area (Å²) in [7, 11) is 0. The van der Waals surface area contributed by atoms with Crippen LogP contribution in [0.15, 0.2) is 42.5 Å². The first-order valence-corrected chi connectivity index (χ1v) is 9.83. The van der Waals surface area contributed by atoms with E-state index in [1.165, 1.54) is 4.90 Å². The molecule has 0 bridgehead atoms. The summed E-state index contributed by atoms with van der Waals surface area (Å²) in [5.74, 6) is -3.38. The van der Waals surface area contributed by atoms with Crippen LogP contribution in [0.2, 0.25) is 0 Å². The molecule has 0 aliphatic rings. The summed E-state index contributed by atoms with van der Waals surface area (Å²) in [4.78, 5) is 48.9. The fraction of sp³-hybridized carbons (Fsp3) is 0.304. The van der Waals surface area contributed by atoms with Gasteiger partial charge < -0.3 is 15.2 Å². The van der Waals surface area contributed by atoms with E-state index in [1.807, 2.05) is 51.1 Å². The Bertz CT molecular complexity index is 1020. The molecule has 32 heavy (non-hydrogen) atoms. The minimum absolute atomic E-state index is 0.558. The third-order valence-electron chi connectivity index (χ3n) is 4.71. The minimum Gasteiger partial charge on any atom is -0.481 e. The Kier molecular flexibility index (Phi) is 8.46. The Balaban J connectivity index is 2.23. The first-order chi connectivity index (χ1) is 15.1. The lowest BCUT2D eigenvalue weighted by Gasteiger charge is -2.26. The Labute approximate surface area is 185 Å². The monoisotopic (exact) mass is 444 g/mol. The van der Waals surface area contributed by atoms with Crippen LogP contribution in [0.3, 0.4) is 0 Å². The first kappa shape index (κ1) is 24.5. The largest absolute Gasteiger partial charge is 0.481 e. The molecule has 0 heterocycles. The van der Waals surface area contributed by atoms with Gasteiger partial charge in [0.05, 0.1) is 17.8 Å². The van der Waals surface area contributed by atoms with Crippen molar-refractivity contribution in [3.05, 3.63) is 59.2 Å². The van der Waals surface area contributed by atoms with Crippen molar-refractivity contribution in [2.75, 3.05) is 18.2 Å². The van der Waals surface area contributed by atoms with Crippen LogP contribution < -0.4 is 10.2 Å². The van der Waals surface area contributed by atoms with Crippen molar-refractivity contribution < 1.29 is 33.4 Å². The number of carbonyl (C=O) groups excluding carboxylic acids is 3. The molecule has 0 saturated carbocycles. The van der Waals surface area contributed by atoms with Crippen LogP contribution in [-0.2, 0) is 19.1 Å². The van der Waals surface area contributed by atoms with Gasteiger partial charge >= 0.3 is 12.1 Å². The number of nitrogens with one attached hydrogen (secondary N) is 1. The van der Waals surface area contributed by atoms with Gasteiger partial charge in [0.1, 0.15) is 12.7 Å². The van der Waals surface area contributed by atoms with Crippen LogP contribution in [-0.4, -0.2) is 48.2 Å². The maximum Gasteiger partial charge on any atom is 0.419 e. The van der Waals surface area contributed by atoms with Crippen molar-refractivity contribution >= 4 is 35.1 Å². The third kappa shape index (κ3) is 6.37. The van der Waals surface area contributed by atoms with E-state index in [-0.39, 0.29) is 0 Å². The molecule has 0 fully saturated rings. The zero-order chi connectivity index (χ0) is 23.8. The number of carboxylic acids is 1. The van der Waals surface area contributed by atoms with Crippen LogP contribution in [0, 0.1) is 20.8 Å². The second kappa shape index (κ2) is 11.0. The van der Waals surface area contributed by atoms with E-state index in [9.17, 15) is 23.6 Å². The first-order valence-electron chi connectivity index (χ1n) is 9.83. The second-order valence-electron chi connectivity index (χ2n) is 7.28. The van der Waals surface area contributed by atoms with E-state index < -0.39 is 49.5 Å². The van der Waals surface area contributed by atoms with E-state index in [4.69, 9.17) is 9.84 Å². The van der Waals surface area contributed by atoms with Crippen LogP contribution in [0.4, 0.5) is 20.6 Å². The number of amides is 2. The number of rotatable bonds is 9. The lowest BCUT2D eigenvalue weighted by Crippen LogP contribution is -2.45. The summed E-state index contributed by atoms with van der Waals surface area (Å²) in [6.45, 7) is 3.33. The molecular formula is C23H25FN2O6. The quantitative estimate of drug-likeness (QED) is 0.613. The Morgan fingerprint density at radius 3 is 2.31 bits per heavy atom. The number of carboxylic acid groups (broad SMARTS) is 1. The van der Waals surface area contributed by atoms with Crippen molar-refractivity contribution in [1.82, 2.24) is 5.32 Å². The summed E-state index contributed by atoms with van der Waals surface area (Å²) in [5, 5.41) is 10.9. The molecule has 9 heteroatoms. The molecule has 2 aromatic rings. The number of alkyl halides is 1. The average molecular weight is 444 g/mol. The Morgan fingerprint density at radius 1 is 1.03 bits per heavy atom. The molecule has 2 amide bonds. The molecular weight excluding hydrogens is 419 g/mol. The highest BCUT2D eigenvalue weighted by molar-refractivity contribution is 5.99. The molecule has 170 valence electrons. The number of anilines is 2. The number of Topliss-reactive ketones (excluding diaryl/α,β-unsaturated/α-hetero) is 1. The molecule has 2 N–H and O–H groups in total. The van der Waals surface area contributed by atoms with Gasteiger partial charge in [-0.25, -0.2) is 14.1 Å². The van der Waals surface area contributed by atoms with Gasteiger partial charge in [0.2, 0.25) is 0 Å². The van der Waals surface area contributed by atoms with Crippen LogP contribution >= 0.6 is 0 Å². The van der Waals surface area contributed by atoms with Crippen molar-refractivity contribution in [3.8, 4) is 0 Å². The molecule has 0 aliphatic carbocycles. The number of hydrogen-bond donors (Lipinski definition) is 2. The van der Waals surface area contributed by atoms with E-state index in [1.54, 1.807) is 12.1 Å². The standard InChI is InChI=1S/C23H25FN2O6/c1-14-8-9-16(3)19(10-14)26(18-7-5-4-6-15(18)2)23(31)32-13-21(28)25-17(11-22(29)30)20(27)12-24/h4-10,17H,11-13H2,1-3H3,(H,25,28)(H,29,30). The number of para-hydroxylation sites is 1. The van der Waals surface area contributed by atoms with Gasteiger partial charge in [0, 0.05) is 0 Å². The predicted molar refractivity (Wildman–Crippen MR) is 116 cm³/mol. The average Bonchev–Trinajstić information content (AvgIpc) is 2.74. The van der Waals surface area contributed by atoms with Gasteiger partial charge in [0.15, 0.2) is 12.4 Å². The van der Waals surface area contributed by atoms with Crippen LogP contribution in [0.1, 0.15) is 23.1 Å². The normalized spacial score (nSPS) is 11.4. The zero-order valence-electron chi connectivity index (χ0n) is 18.1. The van der Waals surface area contributed by atoms with Crippen LogP contribution in [0.25, 0.3) is 0 Å². The number of ketones is 1. The number of nitrogens with zero attached hydrogens (tertiary/aromatic N) is 1. The maximum absolute atomic E-state index is 13.0. The summed E-state index contributed by atoms with van der Waals surface area (Å²) < 4.78 is 17.8. The number of carbonyl (C=O) groups is 4. The molecule has 0 saturated heterocycles. The van der Waals surface area contributed by atoms with Gasteiger partial charge in [-0.3, -0.25) is 14.4 Å². The fourth-order valence-electron chi connectivity index (χ4n) is 3.04. The van der Waals surface area contributed by atoms with Gasteiger partial charge in [-0.1, -0.05) is 30.3 Å². The molecule has 0 radical (unpaired) electrons. The number of hydrogen-bond acceptors (Lipinski definition) is 5. The SMILES string of the molecule is Cc1ccc(C)c(N(C(=O)OCC(=O)NC(CC(=O)O)C(=O)CF)c2ccccc2C)c1. The highest BCUT2D eigenvalue weighted by atomic mass is 19.1. The van der Waals surface area contributed by atoms with Crippen molar-refractivity contribution in [1.29, 1.82) is 0 Å². The molecule has 0 spiro atoms. The summed E-state index contributed by atoms with van der Waals surface area (Å²) >= 11 is 0. The smallest absolute Gasteiger partial charge is 0.419 e. The highest BCUT2D eigenvalue weighted by Gasteiger charge is 2.26. The number of benzene rings is 2. The minimum atomic E-state index is -1.55. The number of aliphatic carboxylic acids is 1. The number of halogens is 1. The fourth-order valence-corrected chi connectivity index (χ4v) is 3.04. The van der Waals surface area contributed by atoms with E-state index in [0.717, 1.165) is 16.7 Å². The van der Waals surface area contributed by atoms with Crippen molar-refractivity contribution in [2.24, 2.45) is 0 Å². The van der Waals surface area contributed by atoms with Gasteiger partial charge in [0.25, 0.3) is 5.91 Å². The molecule has 0 aliphatic heterocycles. The predicted octanol–water partition coefficient (Wildman–Crippen LogP) is 3.38. The van der Waals surface area contributed by atoms with Crippen LogP contribution in [0.5, 0.6) is 0 Å². The lowest BCUT2D eigenvalue weighted by molar-refractivity contribution is -0.140. The number of aryl methyl sites for hydroxylation is 3. The summed E-state index contributed by atoms with van der Waals surface area (Å²) in [5.41, 5.74) is 3.64. The molecule has 1 unspecified atom stereocenters. The Hall–Kier alpha value is -3.75. The third-order valence-corrected chi connectivity index (χ3v) is 4.71. The van der Waals surface area contributed by atoms with Gasteiger partial charge in [-0.2, -0.15) is 0 Å². The summed E-state index contributed by atoms with van der Waals surface area (Å²) in [6.07, 6.45) is -1.62. The molecule has 0 aromatic heterocycles. The Morgan fingerprint density at radius 2 is 1.69 bits per heavy atom. The van der Waals surface area contributed by atoms with E-state index in [2.05, 4.69) is 5.32 Å². The van der Waals surface area contributed by atoms with E-state index >= 15 is 0 Å². The topological polar surface area (TPSA) is 113 Å². The van der Waals surface area contributed by atoms with Crippen molar-refractivity contribution in [2.45, 2.75) is 33.2 Å². The van der Waals surface area contributed by atoms with E-state index in [0.29, 0.717) is 11.4 Å². The molecule has 1 atom stereocenters. The lowest BCUT2D eigenvalue weighted by atomic mass is 10.1. The van der Waals surface area contributed by atoms with Gasteiger partial charge in [-0.15, -0.1) is 0 Å². The molecule has 2 aromatic carbocycles. The van der Waals surface area contributed by atoms with Gasteiger partial charge in [-0.05, 0) is 49.6 Å². The van der Waals surface area contributed by atoms with Crippen molar-refractivity contribution in [3.63, 3.8) is 0 Å². The zero-order valence-corrected chi connectivity index (χ0v) is 18.1. The molecule has 2 rings (SSSR count). The maximum atomic E-state index is 13.0. The second-order valence-corrected chi connectivity index (χ2v) is 7.28. The summed E-state index contributed by atoms with van der Waals surface area (Å²) in [6, 6.07) is 11.2.